The monoisotopic (exact) mass is 425 g/mol. The second-order valence-corrected chi connectivity index (χ2v) is 7.21. The highest BCUT2D eigenvalue weighted by Gasteiger charge is 2.13. The number of anilines is 1. The molecule has 0 saturated carbocycles. The fourth-order valence-corrected chi connectivity index (χ4v) is 3.23. The molecule has 0 aliphatic carbocycles. The van der Waals surface area contributed by atoms with Crippen molar-refractivity contribution in [1.82, 2.24) is 0 Å². The molecule has 6 heteroatoms. The predicted molar refractivity (Wildman–Crippen MR) is 119 cm³/mol. The molecule has 0 unspecified atom stereocenters. The molecule has 0 aliphatic rings. The number of nitrogens with one attached hydrogen (secondary N) is 1. The summed E-state index contributed by atoms with van der Waals surface area (Å²) >= 11 is 6.07. The summed E-state index contributed by atoms with van der Waals surface area (Å²) in [6.07, 6.45) is 0. The van der Waals surface area contributed by atoms with Crippen molar-refractivity contribution < 1.29 is 19.4 Å². The molecule has 0 amide bonds. The first kappa shape index (κ1) is 21.5. The molecule has 0 heterocycles. The summed E-state index contributed by atoms with van der Waals surface area (Å²) < 4.78 is 11.9. The number of carboxylic acids is 1. The maximum absolute atomic E-state index is 11.1. The Hall–Kier alpha value is -3.18. The largest absolute Gasteiger partial charge is 0.490 e. The van der Waals surface area contributed by atoms with Gasteiger partial charge in [0.2, 0.25) is 0 Å². The van der Waals surface area contributed by atoms with E-state index in [1.54, 1.807) is 12.1 Å². The van der Waals surface area contributed by atoms with E-state index in [1.165, 1.54) is 11.6 Å². The lowest BCUT2D eigenvalue weighted by atomic mass is 10.1. The predicted octanol–water partition coefficient (Wildman–Crippen LogP) is 5.94. The SMILES string of the molecule is CCOc1cccc(CNc2ccc(C(=O)O)c(Cl)c2)c1OCc1ccc(C)cc1. The number of carboxylic acid groups (broad SMARTS) is 1. The number of rotatable bonds is 9. The van der Waals surface area contributed by atoms with Gasteiger partial charge in [0.1, 0.15) is 6.61 Å². The minimum absolute atomic E-state index is 0.0719. The number of aromatic carboxylic acids is 1. The van der Waals surface area contributed by atoms with E-state index in [0.717, 1.165) is 16.8 Å². The van der Waals surface area contributed by atoms with Gasteiger partial charge in [0.15, 0.2) is 11.5 Å². The van der Waals surface area contributed by atoms with Crippen molar-refractivity contribution in [3.05, 3.63) is 87.9 Å². The number of halogens is 1. The van der Waals surface area contributed by atoms with Gasteiger partial charge >= 0.3 is 5.97 Å². The van der Waals surface area contributed by atoms with Gasteiger partial charge in [-0.1, -0.05) is 53.6 Å². The van der Waals surface area contributed by atoms with Gasteiger partial charge in [-0.2, -0.15) is 0 Å². The number of aryl methyl sites for hydroxylation is 1. The van der Waals surface area contributed by atoms with Crippen LogP contribution in [-0.4, -0.2) is 17.7 Å². The Morgan fingerprint density at radius 1 is 1.07 bits per heavy atom. The van der Waals surface area contributed by atoms with E-state index in [2.05, 4.69) is 17.4 Å². The van der Waals surface area contributed by atoms with Gasteiger partial charge in [0, 0.05) is 17.8 Å². The maximum Gasteiger partial charge on any atom is 0.337 e. The van der Waals surface area contributed by atoms with E-state index >= 15 is 0 Å². The minimum Gasteiger partial charge on any atom is -0.490 e. The van der Waals surface area contributed by atoms with Crippen LogP contribution >= 0.6 is 11.6 Å². The van der Waals surface area contributed by atoms with Crippen LogP contribution in [0.3, 0.4) is 0 Å². The van der Waals surface area contributed by atoms with Crippen LogP contribution in [0.25, 0.3) is 0 Å². The Balaban J connectivity index is 1.78. The van der Waals surface area contributed by atoms with Gasteiger partial charge in [0.05, 0.1) is 17.2 Å². The van der Waals surface area contributed by atoms with Crippen molar-refractivity contribution in [3.8, 4) is 11.5 Å². The Morgan fingerprint density at radius 2 is 1.83 bits per heavy atom. The fraction of sp³-hybridized carbons (Fsp3) is 0.208. The first-order valence-corrected chi connectivity index (χ1v) is 10.1. The zero-order valence-corrected chi connectivity index (χ0v) is 17.7. The molecule has 0 atom stereocenters. The number of para-hydroxylation sites is 1. The van der Waals surface area contributed by atoms with Gasteiger partial charge in [0.25, 0.3) is 0 Å². The van der Waals surface area contributed by atoms with E-state index < -0.39 is 5.97 Å². The fourth-order valence-electron chi connectivity index (χ4n) is 2.97. The molecule has 0 aliphatic heterocycles. The highest BCUT2D eigenvalue weighted by molar-refractivity contribution is 6.33. The summed E-state index contributed by atoms with van der Waals surface area (Å²) in [5.41, 5.74) is 3.98. The van der Waals surface area contributed by atoms with Gasteiger partial charge in [-0.25, -0.2) is 4.79 Å². The second kappa shape index (κ2) is 10.0. The molecule has 3 aromatic carbocycles. The molecule has 0 bridgehead atoms. The van der Waals surface area contributed by atoms with Crippen molar-refractivity contribution in [3.63, 3.8) is 0 Å². The Kier molecular flexibility index (Phi) is 7.20. The van der Waals surface area contributed by atoms with Crippen LogP contribution in [0.1, 0.15) is 34.0 Å². The Bertz CT molecular complexity index is 1020. The average Bonchev–Trinajstić information content (AvgIpc) is 2.72. The van der Waals surface area contributed by atoms with Gasteiger partial charge in [-0.05, 0) is 43.7 Å². The molecule has 0 spiro atoms. The third kappa shape index (κ3) is 5.45. The van der Waals surface area contributed by atoms with Crippen LogP contribution in [-0.2, 0) is 13.2 Å². The molecule has 0 radical (unpaired) electrons. The van der Waals surface area contributed by atoms with Crippen LogP contribution in [0.5, 0.6) is 11.5 Å². The number of hydrogen-bond donors (Lipinski definition) is 2. The zero-order chi connectivity index (χ0) is 21.5. The van der Waals surface area contributed by atoms with Gasteiger partial charge in [-0.3, -0.25) is 0 Å². The lowest BCUT2D eigenvalue weighted by Crippen LogP contribution is -2.06. The van der Waals surface area contributed by atoms with Crippen LogP contribution in [0.4, 0.5) is 5.69 Å². The van der Waals surface area contributed by atoms with Crippen LogP contribution in [0, 0.1) is 6.92 Å². The molecule has 0 aromatic heterocycles. The second-order valence-electron chi connectivity index (χ2n) is 6.81. The molecule has 3 rings (SSSR count). The molecule has 0 fully saturated rings. The van der Waals surface area contributed by atoms with E-state index in [4.69, 9.17) is 26.2 Å². The minimum atomic E-state index is -1.05. The van der Waals surface area contributed by atoms with E-state index in [-0.39, 0.29) is 10.6 Å². The van der Waals surface area contributed by atoms with E-state index in [0.29, 0.717) is 31.3 Å². The van der Waals surface area contributed by atoms with Crippen molar-refractivity contribution in [2.45, 2.75) is 27.0 Å². The summed E-state index contributed by atoms with van der Waals surface area (Å²) in [5.74, 6) is 0.312. The average molecular weight is 426 g/mol. The van der Waals surface area contributed by atoms with Crippen molar-refractivity contribution in [2.24, 2.45) is 0 Å². The summed E-state index contributed by atoms with van der Waals surface area (Å²) in [7, 11) is 0. The molecule has 156 valence electrons. The smallest absolute Gasteiger partial charge is 0.337 e. The number of benzene rings is 3. The lowest BCUT2D eigenvalue weighted by molar-refractivity contribution is 0.0697. The van der Waals surface area contributed by atoms with Gasteiger partial charge in [-0.15, -0.1) is 0 Å². The molecule has 30 heavy (non-hydrogen) atoms. The lowest BCUT2D eigenvalue weighted by Gasteiger charge is -2.17. The number of ether oxygens (including phenoxy) is 2. The van der Waals surface area contributed by atoms with Crippen LogP contribution in [0.15, 0.2) is 60.7 Å². The summed E-state index contributed by atoms with van der Waals surface area (Å²) in [5, 5.41) is 12.6. The third-order valence-electron chi connectivity index (χ3n) is 4.55. The van der Waals surface area contributed by atoms with Crippen LogP contribution in [0.2, 0.25) is 5.02 Å². The highest BCUT2D eigenvalue weighted by Crippen LogP contribution is 2.33. The molecular weight excluding hydrogens is 402 g/mol. The Morgan fingerprint density at radius 3 is 2.50 bits per heavy atom. The maximum atomic E-state index is 11.1. The standard InChI is InChI=1S/C24H24ClNO4/c1-3-29-22-6-4-5-18(23(22)30-15-17-9-7-16(2)8-10-17)14-26-19-11-12-20(24(27)28)21(25)13-19/h4-13,26H,3,14-15H2,1-2H3,(H,27,28). The Labute approximate surface area is 181 Å². The quantitative estimate of drug-likeness (QED) is 0.444. The summed E-state index contributed by atoms with van der Waals surface area (Å²) in [6, 6.07) is 18.7. The van der Waals surface area contributed by atoms with Crippen molar-refractivity contribution in [2.75, 3.05) is 11.9 Å². The van der Waals surface area contributed by atoms with Gasteiger partial charge < -0.3 is 19.9 Å². The molecule has 2 N–H and O–H groups in total. The highest BCUT2D eigenvalue weighted by atomic mass is 35.5. The number of hydrogen-bond acceptors (Lipinski definition) is 4. The van der Waals surface area contributed by atoms with Crippen molar-refractivity contribution in [1.29, 1.82) is 0 Å². The first-order chi connectivity index (χ1) is 14.5. The molecule has 5 nitrogen and oxygen atoms in total. The third-order valence-corrected chi connectivity index (χ3v) is 4.86. The first-order valence-electron chi connectivity index (χ1n) is 9.67. The molecule has 3 aromatic rings. The van der Waals surface area contributed by atoms with E-state index in [1.807, 2.05) is 44.2 Å². The zero-order valence-electron chi connectivity index (χ0n) is 16.9. The summed E-state index contributed by atoms with van der Waals surface area (Å²) in [6.45, 7) is 5.40. The van der Waals surface area contributed by atoms with Crippen molar-refractivity contribution >= 4 is 23.3 Å². The topological polar surface area (TPSA) is 67.8 Å². The number of carbonyl (C=O) groups is 1. The molecular formula is C24H24ClNO4. The molecule has 0 saturated heterocycles. The normalized spacial score (nSPS) is 10.5. The van der Waals surface area contributed by atoms with Crippen LogP contribution < -0.4 is 14.8 Å². The van der Waals surface area contributed by atoms with E-state index in [9.17, 15) is 4.79 Å². The summed E-state index contributed by atoms with van der Waals surface area (Å²) in [4.78, 5) is 11.1.